The molecule has 0 radical (unpaired) electrons. The number of carbonyl (C=O) groups excluding carboxylic acids is 3. The molecule has 2 fully saturated rings. The van der Waals surface area contributed by atoms with Gasteiger partial charge in [-0.2, -0.15) is 0 Å². The molecule has 0 atom stereocenters. The second kappa shape index (κ2) is 14.2. The summed E-state index contributed by atoms with van der Waals surface area (Å²) < 4.78 is 5.85. The molecule has 240 valence electrons. The van der Waals surface area contributed by atoms with Crippen molar-refractivity contribution in [1.29, 1.82) is 0 Å². The summed E-state index contributed by atoms with van der Waals surface area (Å²) in [6.45, 7) is 0. The number of para-hydroxylation sites is 1. The largest absolute Gasteiger partial charge is 0.494 e. The Kier molecular flexibility index (Phi) is 10.4. The van der Waals surface area contributed by atoms with Crippen LogP contribution in [0.4, 0.5) is 17.2 Å². The van der Waals surface area contributed by atoms with Crippen molar-refractivity contribution in [3.8, 4) is 16.3 Å². The van der Waals surface area contributed by atoms with Gasteiger partial charge in [0.15, 0.2) is 17.3 Å². The van der Waals surface area contributed by atoms with E-state index in [1.807, 2.05) is 41.7 Å². The van der Waals surface area contributed by atoms with Gasteiger partial charge < -0.3 is 30.9 Å². The molecular weight excluding hydrogens is 601 g/mol. The summed E-state index contributed by atoms with van der Waals surface area (Å²) in [5.74, 6) is 0.212. The Morgan fingerprint density at radius 2 is 1.78 bits per heavy atom. The maximum atomic E-state index is 13.2. The van der Waals surface area contributed by atoms with Crippen LogP contribution in [0.15, 0.2) is 30.5 Å². The van der Waals surface area contributed by atoms with Crippen molar-refractivity contribution >= 4 is 69.8 Å². The molecule has 4 N–H and O–H groups in total. The Bertz CT molecular complexity index is 1590. The van der Waals surface area contributed by atoms with Gasteiger partial charge in [-0.15, -0.1) is 21.5 Å². The summed E-state index contributed by atoms with van der Waals surface area (Å²) in [7, 11) is 11.4. The summed E-state index contributed by atoms with van der Waals surface area (Å²) in [5.41, 5.74) is 1.73. The Morgan fingerprint density at radius 1 is 1.04 bits per heavy atom. The van der Waals surface area contributed by atoms with Crippen LogP contribution >= 0.6 is 11.3 Å². The van der Waals surface area contributed by atoms with E-state index in [9.17, 15) is 14.4 Å². The van der Waals surface area contributed by atoms with Gasteiger partial charge in [-0.3, -0.25) is 14.4 Å². The molecular formula is C30H41B3N8O4S. The standard InChI is InChI=1S/C30H41B3N8O4S/c1-41(2)18-11-9-17(10-12-18)35-24(42)13-19-15-34-29(46-19)20-5-4-6-21(26(20)45-3)36-22-14-23(37-27(43)16-7-8-16)39-40-25(22)28(44)38-30(31,32)33/h4-6,14-18H,7-13,31-33H2,1-3H3,(H,35,42)(H,38,44)(H2,36,37,39,43). The van der Waals surface area contributed by atoms with E-state index in [2.05, 4.69) is 55.4 Å². The van der Waals surface area contributed by atoms with Crippen LogP contribution in [0.3, 0.4) is 0 Å². The third-order valence-electron chi connectivity index (χ3n) is 8.10. The zero-order chi connectivity index (χ0) is 33.0. The minimum Gasteiger partial charge on any atom is -0.494 e. The van der Waals surface area contributed by atoms with Crippen LogP contribution in [0.25, 0.3) is 10.6 Å². The lowest BCUT2D eigenvalue weighted by molar-refractivity contribution is -0.121. The van der Waals surface area contributed by atoms with Crippen LogP contribution in [-0.4, -0.2) is 99.9 Å². The second-order valence-electron chi connectivity index (χ2n) is 13.3. The first kappa shape index (κ1) is 33.5. The molecule has 0 unspecified atom stereocenters. The smallest absolute Gasteiger partial charge is 0.272 e. The van der Waals surface area contributed by atoms with Crippen LogP contribution in [0.2, 0.25) is 0 Å². The molecule has 0 bridgehead atoms. The molecule has 2 heterocycles. The number of amides is 3. The highest BCUT2D eigenvalue weighted by atomic mass is 32.1. The molecule has 0 saturated heterocycles. The average Bonchev–Trinajstić information content (AvgIpc) is 3.75. The number of carbonyl (C=O) groups is 3. The zero-order valence-corrected chi connectivity index (χ0v) is 28.2. The third kappa shape index (κ3) is 8.67. The van der Waals surface area contributed by atoms with Crippen LogP contribution in [0.1, 0.15) is 53.9 Å². The van der Waals surface area contributed by atoms with Gasteiger partial charge in [-0.25, -0.2) is 4.98 Å². The van der Waals surface area contributed by atoms with Crippen molar-refractivity contribution in [2.24, 2.45) is 5.92 Å². The number of nitrogens with zero attached hydrogens (tertiary/aromatic N) is 4. The van der Waals surface area contributed by atoms with Crippen molar-refractivity contribution < 1.29 is 19.1 Å². The summed E-state index contributed by atoms with van der Waals surface area (Å²) >= 11 is 1.44. The van der Waals surface area contributed by atoms with Gasteiger partial charge in [0.05, 0.1) is 30.5 Å². The fraction of sp³-hybridized carbons (Fsp3) is 0.467. The third-order valence-corrected chi connectivity index (χ3v) is 9.13. The Hall–Kier alpha value is -3.91. The van der Waals surface area contributed by atoms with E-state index in [1.165, 1.54) is 11.3 Å². The number of hydrogen-bond acceptors (Lipinski definition) is 10. The van der Waals surface area contributed by atoms with Gasteiger partial charge >= 0.3 is 0 Å². The quantitative estimate of drug-likeness (QED) is 0.207. The maximum Gasteiger partial charge on any atom is 0.272 e. The van der Waals surface area contributed by atoms with Gasteiger partial charge in [-0.1, -0.05) is 6.07 Å². The number of anilines is 3. The molecule has 3 amide bonds. The number of rotatable bonds is 12. The normalized spacial score (nSPS) is 18.1. The van der Waals surface area contributed by atoms with Gasteiger partial charge in [0.25, 0.3) is 5.91 Å². The summed E-state index contributed by atoms with van der Waals surface area (Å²) in [5, 5.41) is 20.7. The van der Waals surface area contributed by atoms with Gasteiger partial charge in [0, 0.05) is 35.1 Å². The molecule has 2 aromatic heterocycles. The highest BCUT2D eigenvalue weighted by Crippen LogP contribution is 2.40. The lowest BCUT2D eigenvalue weighted by Gasteiger charge is -2.32. The molecule has 16 heteroatoms. The van der Waals surface area contributed by atoms with E-state index in [4.69, 9.17) is 4.74 Å². The molecule has 5 rings (SSSR count). The lowest BCUT2D eigenvalue weighted by atomic mass is 9.49. The number of methoxy groups -OCH3 is 1. The van der Waals surface area contributed by atoms with E-state index in [-0.39, 0.29) is 41.7 Å². The van der Waals surface area contributed by atoms with Crippen molar-refractivity contribution in [2.45, 2.75) is 62.3 Å². The minimum atomic E-state index is -0.502. The molecule has 2 aliphatic carbocycles. The van der Waals surface area contributed by atoms with Crippen molar-refractivity contribution in [1.82, 2.24) is 30.7 Å². The molecule has 3 aromatic rings. The second-order valence-corrected chi connectivity index (χ2v) is 14.4. The minimum absolute atomic E-state index is 0.00159. The van der Waals surface area contributed by atoms with E-state index < -0.39 is 11.1 Å². The first-order chi connectivity index (χ1) is 21.9. The first-order valence-corrected chi connectivity index (χ1v) is 16.6. The Balaban J connectivity index is 1.34. The lowest BCUT2D eigenvalue weighted by Crippen LogP contribution is -2.50. The monoisotopic (exact) mass is 642 g/mol. The zero-order valence-electron chi connectivity index (χ0n) is 27.4. The first-order valence-electron chi connectivity index (χ1n) is 15.8. The molecule has 0 aliphatic heterocycles. The predicted molar refractivity (Wildman–Crippen MR) is 188 cm³/mol. The maximum absolute atomic E-state index is 13.2. The fourth-order valence-electron chi connectivity index (χ4n) is 5.55. The van der Waals surface area contributed by atoms with E-state index in [0.29, 0.717) is 28.2 Å². The number of thiazole rings is 1. The number of nitrogens with one attached hydrogen (secondary N) is 4. The molecule has 46 heavy (non-hydrogen) atoms. The number of benzene rings is 1. The number of ether oxygens (including phenoxy) is 1. The molecule has 0 spiro atoms. The summed E-state index contributed by atoms with van der Waals surface area (Å²) in [4.78, 5) is 46.3. The van der Waals surface area contributed by atoms with E-state index in [0.717, 1.165) is 49.0 Å². The van der Waals surface area contributed by atoms with Gasteiger partial charge in [0.2, 0.25) is 11.8 Å². The highest BCUT2D eigenvalue weighted by Gasteiger charge is 2.30. The van der Waals surface area contributed by atoms with Crippen molar-refractivity contribution in [3.63, 3.8) is 0 Å². The molecule has 1 aromatic carbocycles. The average molecular weight is 642 g/mol. The van der Waals surface area contributed by atoms with Crippen LogP contribution in [-0.2, 0) is 16.0 Å². The fourth-order valence-corrected chi connectivity index (χ4v) is 6.48. The van der Waals surface area contributed by atoms with Crippen LogP contribution < -0.4 is 26.0 Å². The van der Waals surface area contributed by atoms with E-state index in [1.54, 1.807) is 19.4 Å². The van der Waals surface area contributed by atoms with Crippen molar-refractivity contribution in [3.05, 3.63) is 41.0 Å². The van der Waals surface area contributed by atoms with E-state index >= 15 is 0 Å². The molecule has 2 saturated carbocycles. The molecule has 12 nitrogen and oxygen atoms in total. The summed E-state index contributed by atoms with van der Waals surface area (Å²) in [6, 6.07) is 7.97. The van der Waals surface area contributed by atoms with Crippen LogP contribution in [0, 0.1) is 5.92 Å². The Labute approximate surface area is 276 Å². The van der Waals surface area contributed by atoms with Gasteiger partial charge in [-0.05, 0) is 70.0 Å². The highest BCUT2D eigenvalue weighted by molar-refractivity contribution is 7.15. The van der Waals surface area contributed by atoms with Crippen LogP contribution in [0.5, 0.6) is 5.75 Å². The predicted octanol–water partition coefficient (Wildman–Crippen LogP) is 0.473. The topological polar surface area (TPSA) is 150 Å². The Morgan fingerprint density at radius 3 is 2.43 bits per heavy atom. The van der Waals surface area contributed by atoms with Crippen molar-refractivity contribution in [2.75, 3.05) is 31.8 Å². The summed E-state index contributed by atoms with van der Waals surface area (Å²) in [6.07, 6.45) is 7.83. The number of hydrogen-bond donors (Lipinski definition) is 4. The van der Waals surface area contributed by atoms with Gasteiger partial charge in [0.1, 0.15) is 28.5 Å². The number of aromatic nitrogens is 3. The molecule has 2 aliphatic rings. The SMILES string of the molecule is BC(B)(B)NC(=O)c1nnc(NC(=O)C2CC2)cc1Nc1cccc(-c2ncc(CC(=O)NC3CCC(N(C)C)CC3)s2)c1OC.